The Balaban J connectivity index is 3.90. The van der Waals surface area contributed by atoms with E-state index in [-0.39, 0.29) is 18.8 Å². The Morgan fingerprint density at radius 1 is 1.30 bits per heavy atom. The highest BCUT2D eigenvalue weighted by Crippen LogP contribution is 1.95. The zero-order chi connectivity index (χ0) is 8.20. The first kappa shape index (κ1) is 9.87. The lowest BCUT2D eigenvalue weighted by Crippen LogP contribution is -2.25. The van der Waals surface area contributed by atoms with Gasteiger partial charge in [0.2, 0.25) is 10.0 Å². The van der Waals surface area contributed by atoms with Crippen LogP contribution in [0.15, 0.2) is 0 Å². The predicted molar refractivity (Wildman–Crippen MR) is 37.6 cm³/mol. The molecule has 0 spiro atoms. The highest BCUT2D eigenvalue weighted by Gasteiger charge is 2.11. The van der Waals surface area contributed by atoms with Crippen molar-refractivity contribution in [2.24, 2.45) is 0 Å². The minimum absolute atomic E-state index is 0.0382. The zero-order valence-electron chi connectivity index (χ0n) is 6.20. The molecule has 61 valence electrons. The highest BCUT2D eigenvalue weighted by atomic mass is 32.2. The second-order valence-corrected chi connectivity index (χ2v) is 4.46. The quantitative estimate of drug-likeness (QED) is 0.575. The Bertz CT molecular complexity index is 173. The van der Waals surface area contributed by atoms with E-state index in [1.165, 1.54) is 14.1 Å². The van der Waals surface area contributed by atoms with E-state index in [0.717, 1.165) is 4.31 Å². The normalized spacial score (nSPS) is 12.4. The van der Waals surface area contributed by atoms with Crippen molar-refractivity contribution in [2.45, 2.75) is 6.42 Å². The molecule has 0 amide bonds. The van der Waals surface area contributed by atoms with Crippen LogP contribution in [0.5, 0.6) is 0 Å². The van der Waals surface area contributed by atoms with Crippen molar-refractivity contribution in [3.8, 4) is 0 Å². The van der Waals surface area contributed by atoms with Gasteiger partial charge in [-0.1, -0.05) is 0 Å². The fourth-order valence-electron chi connectivity index (χ4n) is 0.424. The summed E-state index contributed by atoms with van der Waals surface area (Å²) in [6, 6.07) is 0. The lowest BCUT2D eigenvalue weighted by molar-refractivity contribution is 0.194. The van der Waals surface area contributed by atoms with E-state index in [1.54, 1.807) is 0 Å². The van der Waals surface area contributed by atoms with E-state index in [9.17, 15) is 13.5 Å². The molecule has 0 atom stereocenters. The number of sulfonamides is 1. The van der Waals surface area contributed by atoms with Crippen molar-refractivity contribution < 1.29 is 13.5 Å². The topological polar surface area (TPSA) is 57.3 Å². The third-order valence-corrected chi connectivity index (χ3v) is 3.02. The van der Waals surface area contributed by atoms with Crippen molar-refractivity contribution in [1.82, 2.24) is 4.31 Å². The van der Waals surface area contributed by atoms with Gasteiger partial charge in [-0.15, -0.1) is 0 Å². The number of nitrogens with zero attached hydrogens (tertiary/aromatic N) is 1. The van der Waals surface area contributed by atoms with Crippen LogP contribution in [-0.2, 0) is 15.1 Å². The smallest absolute Gasteiger partial charge is 0.213 e. The third kappa shape index (κ3) is 3.14. The van der Waals surface area contributed by atoms with Gasteiger partial charge in [0.15, 0.2) is 0 Å². The second kappa shape index (κ2) is 3.90. The van der Waals surface area contributed by atoms with Crippen molar-refractivity contribution in [2.75, 3.05) is 26.5 Å². The molecule has 0 aliphatic rings. The van der Waals surface area contributed by atoms with Crippen LogP contribution in [0.1, 0.15) is 6.42 Å². The Kier molecular flexibility index (Phi) is 3.85. The molecule has 0 rings (SSSR count). The van der Waals surface area contributed by atoms with Gasteiger partial charge in [0, 0.05) is 14.1 Å². The van der Waals surface area contributed by atoms with Gasteiger partial charge in [-0.25, -0.2) is 17.8 Å². The van der Waals surface area contributed by atoms with Crippen LogP contribution in [0.4, 0.5) is 0 Å². The van der Waals surface area contributed by atoms with E-state index in [0.29, 0.717) is 0 Å². The average Bonchev–Trinajstić information content (AvgIpc) is 1.84. The van der Waals surface area contributed by atoms with Crippen LogP contribution < -0.4 is 0 Å². The molecule has 10 heavy (non-hydrogen) atoms. The van der Waals surface area contributed by atoms with Crippen LogP contribution in [0, 0.1) is 0 Å². The van der Waals surface area contributed by atoms with E-state index in [1.807, 2.05) is 0 Å². The lowest BCUT2D eigenvalue weighted by atomic mass is 10.5. The molecule has 0 aliphatic heterocycles. The number of rotatable bonds is 4. The Hall–Kier alpha value is -0.130. The Morgan fingerprint density at radius 2 is 1.80 bits per heavy atom. The fourth-order valence-corrected chi connectivity index (χ4v) is 1.27. The van der Waals surface area contributed by atoms with Crippen molar-refractivity contribution in [3.05, 3.63) is 0 Å². The van der Waals surface area contributed by atoms with Crippen LogP contribution >= 0.6 is 0 Å². The van der Waals surface area contributed by atoms with Gasteiger partial charge in [-0.05, 0) is 6.42 Å². The van der Waals surface area contributed by atoms with Gasteiger partial charge in [0.25, 0.3) is 0 Å². The van der Waals surface area contributed by atoms with E-state index in [2.05, 4.69) is 0 Å². The molecule has 1 radical (unpaired) electrons. The molecule has 0 bridgehead atoms. The summed E-state index contributed by atoms with van der Waals surface area (Å²) in [6.45, 7) is -0.326. The first-order chi connectivity index (χ1) is 4.50. The predicted octanol–water partition coefficient (Wildman–Crippen LogP) is -0.302. The summed E-state index contributed by atoms with van der Waals surface area (Å²) in [5.74, 6) is -0.0382. The molecular formula is C5H12NO3S. The summed E-state index contributed by atoms with van der Waals surface area (Å²) >= 11 is 0. The van der Waals surface area contributed by atoms with E-state index < -0.39 is 10.0 Å². The molecule has 0 aromatic rings. The minimum Gasteiger partial charge on any atom is -0.237 e. The Labute approximate surface area is 61.5 Å². The largest absolute Gasteiger partial charge is 0.237 e. The summed E-state index contributed by atoms with van der Waals surface area (Å²) in [5, 5.41) is 9.92. The summed E-state index contributed by atoms with van der Waals surface area (Å²) in [5.41, 5.74) is 0. The Morgan fingerprint density at radius 3 is 2.10 bits per heavy atom. The molecule has 0 saturated heterocycles. The van der Waals surface area contributed by atoms with Crippen LogP contribution in [-0.4, -0.2) is 39.2 Å². The SMILES string of the molecule is CN(C)S(=O)(=O)CCC[O]. The van der Waals surface area contributed by atoms with Crippen molar-refractivity contribution >= 4 is 10.0 Å². The van der Waals surface area contributed by atoms with Gasteiger partial charge < -0.3 is 0 Å². The monoisotopic (exact) mass is 166 g/mol. The van der Waals surface area contributed by atoms with Crippen molar-refractivity contribution in [3.63, 3.8) is 0 Å². The van der Waals surface area contributed by atoms with Gasteiger partial charge in [-0.2, -0.15) is 0 Å². The average molecular weight is 166 g/mol. The van der Waals surface area contributed by atoms with E-state index >= 15 is 0 Å². The minimum atomic E-state index is -3.13. The number of hydrogen-bond acceptors (Lipinski definition) is 2. The molecule has 0 heterocycles. The third-order valence-electron chi connectivity index (χ3n) is 1.10. The molecular weight excluding hydrogens is 154 g/mol. The molecule has 0 saturated carbocycles. The fraction of sp³-hybridized carbons (Fsp3) is 1.00. The van der Waals surface area contributed by atoms with Crippen molar-refractivity contribution in [1.29, 1.82) is 0 Å². The first-order valence-electron chi connectivity index (χ1n) is 2.99. The van der Waals surface area contributed by atoms with Crippen LogP contribution in [0.2, 0.25) is 0 Å². The van der Waals surface area contributed by atoms with Crippen LogP contribution in [0.25, 0.3) is 0 Å². The standard InChI is InChI=1S/C5H12NO3S/c1-6(2)10(8,9)5-3-4-7/h3-5H2,1-2H3. The molecule has 0 fully saturated rings. The molecule has 0 N–H and O–H groups in total. The summed E-state index contributed by atoms with van der Waals surface area (Å²) < 4.78 is 22.9. The maximum absolute atomic E-state index is 10.9. The summed E-state index contributed by atoms with van der Waals surface area (Å²) in [4.78, 5) is 0. The molecule has 5 heteroatoms. The number of hydrogen-bond donors (Lipinski definition) is 0. The van der Waals surface area contributed by atoms with Gasteiger partial charge >= 0.3 is 0 Å². The maximum Gasteiger partial charge on any atom is 0.213 e. The molecule has 0 aromatic heterocycles. The van der Waals surface area contributed by atoms with Gasteiger partial charge in [0.1, 0.15) is 0 Å². The molecule has 0 aliphatic carbocycles. The second-order valence-electron chi connectivity index (χ2n) is 2.16. The van der Waals surface area contributed by atoms with E-state index in [4.69, 9.17) is 0 Å². The lowest BCUT2D eigenvalue weighted by Gasteiger charge is -2.09. The maximum atomic E-state index is 10.9. The summed E-state index contributed by atoms with van der Waals surface area (Å²) in [6.07, 6.45) is 0.195. The van der Waals surface area contributed by atoms with Crippen LogP contribution in [0.3, 0.4) is 0 Å². The molecule has 0 aromatic carbocycles. The first-order valence-corrected chi connectivity index (χ1v) is 4.60. The summed E-state index contributed by atoms with van der Waals surface area (Å²) in [7, 11) is -0.210. The molecule has 4 nitrogen and oxygen atoms in total. The zero-order valence-corrected chi connectivity index (χ0v) is 7.02. The molecule has 0 unspecified atom stereocenters. The van der Waals surface area contributed by atoms with Gasteiger partial charge in [0.05, 0.1) is 12.4 Å². The van der Waals surface area contributed by atoms with Gasteiger partial charge in [-0.3, -0.25) is 0 Å². The highest BCUT2D eigenvalue weighted by molar-refractivity contribution is 7.89.